The molecule has 2 aromatic heterocycles. The van der Waals surface area contributed by atoms with Crippen LogP contribution in [0.25, 0.3) is 21.3 Å². The van der Waals surface area contributed by atoms with Gasteiger partial charge in [0, 0.05) is 29.7 Å². The topological polar surface area (TPSA) is 101 Å². The molecule has 4 aromatic rings. The maximum atomic E-state index is 13.3. The van der Waals surface area contributed by atoms with E-state index < -0.39 is 15.9 Å². The van der Waals surface area contributed by atoms with Crippen molar-refractivity contribution in [1.82, 2.24) is 13.9 Å². The monoisotopic (exact) mass is 538 g/mol. The summed E-state index contributed by atoms with van der Waals surface area (Å²) < 4.78 is 28.0. The Hall–Kier alpha value is -3.34. The highest BCUT2D eigenvalue weighted by atomic mass is 32.2. The Morgan fingerprint density at radius 1 is 1.05 bits per heavy atom. The third-order valence-corrected chi connectivity index (χ3v) is 9.19. The van der Waals surface area contributed by atoms with Crippen LogP contribution in [0.5, 0.6) is 0 Å². The lowest BCUT2D eigenvalue weighted by Crippen LogP contribution is -2.30. The Morgan fingerprint density at radius 2 is 1.70 bits per heavy atom. The Bertz CT molecular complexity index is 1570. The summed E-state index contributed by atoms with van der Waals surface area (Å²) in [7, 11) is -3.58. The summed E-state index contributed by atoms with van der Waals surface area (Å²) in [6, 6.07) is 14.1. The average molecular weight is 539 g/mol. The predicted molar refractivity (Wildman–Crippen MR) is 149 cm³/mol. The number of carbonyl (C=O) groups excluding carboxylic acids is 1. The van der Waals surface area contributed by atoms with Gasteiger partial charge in [-0.1, -0.05) is 52.0 Å². The summed E-state index contributed by atoms with van der Waals surface area (Å²) in [6.45, 7) is 8.36. The van der Waals surface area contributed by atoms with Gasteiger partial charge in [0.15, 0.2) is 0 Å². The maximum Gasteiger partial charge on any atom is 0.263 e. The predicted octanol–water partition coefficient (Wildman–Crippen LogP) is 4.92. The number of nitrogens with zero attached hydrogens (tertiary/aromatic N) is 3. The molecule has 0 saturated carbocycles. The molecule has 0 aliphatic rings. The zero-order chi connectivity index (χ0) is 26.7. The second-order valence-electron chi connectivity index (χ2n) is 8.95. The van der Waals surface area contributed by atoms with E-state index in [2.05, 4.69) is 36.3 Å². The number of hydrogen-bond acceptors (Lipinski definition) is 6. The quantitative estimate of drug-likeness (QED) is 0.326. The third kappa shape index (κ3) is 5.51. The van der Waals surface area contributed by atoms with Gasteiger partial charge < -0.3 is 5.32 Å². The summed E-state index contributed by atoms with van der Waals surface area (Å²) in [5, 5.41) is 5.13. The molecule has 0 aliphatic heterocycles. The highest BCUT2D eigenvalue weighted by molar-refractivity contribution is 7.89. The lowest BCUT2D eigenvalue weighted by atomic mass is 9.99. The van der Waals surface area contributed by atoms with Crippen LogP contribution in [-0.2, 0) is 21.4 Å². The first kappa shape index (κ1) is 26.7. The molecule has 1 N–H and O–H groups in total. The van der Waals surface area contributed by atoms with Gasteiger partial charge >= 0.3 is 0 Å². The number of carbonyl (C=O) groups is 1. The van der Waals surface area contributed by atoms with Crippen molar-refractivity contribution >= 4 is 43.2 Å². The number of amides is 1. The summed E-state index contributed by atoms with van der Waals surface area (Å²) in [4.78, 5) is 31.2. The van der Waals surface area contributed by atoms with E-state index in [4.69, 9.17) is 0 Å². The van der Waals surface area contributed by atoms with Crippen LogP contribution in [0.4, 0.5) is 5.69 Å². The van der Waals surface area contributed by atoms with Gasteiger partial charge in [-0.2, -0.15) is 4.31 Å². The van der Waals surface area contributed by atoms with E-state index in [0.717, 1.165) is 11.1 Å². The first-order valence-corrected chi connectivity index (χ1v) is 14.4. The van der Waals surface area contributed by atoms with Gasteiger partial charge in [-0.15, -0.1) is 11.3 Å². The normalized spacial score (nSPS) is 11.9. The van der Waals surface area contributed by atoms with Crippen molar-refractivity contribution in [1.29, 1.82) is 0 Å². The molecule has 0 saturated heterocycles. The number of fused-ring (bicyclic) bond motifs is 1. The van der Waals surface area contributed by atoms with Gasteiger partial charge in [-0.25, -0.2) is 13.4 Å². The number of sulfonamides is 1. The molecule has 0 fully saturated rings. The van der Waals surface area contributed by atoms with Gasteiger partial charge in [0.25, 0.3) is 5.56 Å². The van der Waals surface area contributed by atoms with E-state index in [-0.39, 0.29) is 17.0 Å². The first-order chi connectivity index (χ1) is 17.6. The number of anilines is 1. The minimum atomic E-state index is -3.58. The Kier molecular flexibility index (Phi) is 7.91. The Balaban J connectivity index is 1.53. The van der Waals surface area contributed by atoms with E-state index in [0.29, 0.717) is 34.9 Å². The molecular formula is C27H30N4O4S2. The molecule has 2 heterocycles. The van der Waals surface area contributed by atoms with Crippen molar-refractivity contribution in [2.75, 3.05) is 18.4 Å². The lowest BCUT2D eigenvalue weighted by molar-refractivity contribution is -0.116. The number of nitrogens with one attached hydrogen (secondary N) is 1. The molecule has 0 spiro atoms. The summed E-state index contributed by atoms with van der Waals surface area (Å²) in [5.74, 6) is -0.00526. The molecule has 0 radical (unpaired) electrons. The van der Waals surface area contributed by atoms with E-state index in [1.54, 1.807) is 13.8 Å². The first-order valence-electron chi connectivity index (χ1n) is 12.1. The zero-order valence-electron chi connectivity index (χ0n) is 21.3. The van der Waals surface area contributed by atoms with Crippen LogP contribution in [0.2, 0.25) is 0 Å². The van der Waals surface area contributed by atoms with Crippen molar-refractivity contribution in [2.24, 2.45) is 0 Å². The van der Waals surface area contributed by atoms with E-state index >= 15 is 0 Å². The largest absolute Gasteiger partial charge is 0.325 e. The number of aromatic nitrogens is 2. The van der Waals surface area contributed by atoms with E-state index in [1.165, 1.54) is 56.4 Å². The minimum Gasteiger partial charge on any atom is -0.325 e. The van der Waals surface area contributed by atoms with E-state index in [9.17, 15) is 18.0 Å². The number of hydrogen-bond donors (Lipinski definition) is 1. The third-order valence-electron chi connectivity index (χ3n) is 6.24. The molecule has 1 amide bonds. The summed E-state index contributed by atoms with van der Waals surface area (Å²) in [6.07, 6.45) is 1.38. The highest BCUT2D eigenvalue weighted by Gasteiger charge is 2.21. The zero-order valence-corrected chi connectivity index (χ0v) is 22.9. The smallest absolute Gasteiger partial charge is 0.263 e. The van der Waals surface area contributed by atoms with Gasteiger partial charge in [-0.05, 0) is 41.3 Å². The van der Waals surface area contributed by atoms with E-state index in [1.807, 2.05) is 17.5 Å². The molecule has 0 bridgehead atoms. The van der Waals surface area contributed by atoms with Gasteiger partial charge in [0.05, 0.1) is 16.6 Å². The number of benzene rings is 2. The molecule has 2 aromatic carbocycles. The summed E-state index contributed by atoms with van der Waals surface area (Å²) >= 11 is 1.39. The maximum absolute atomic E-state index is 13.3. The molecule has 194 valence electrons. The average Bonchev–Trinajstić information content (AvgIpc) is 3.31. The van der Waals surface area contributed by atoms with Crippen molar-refractivity contribution < 1.29 is 13.2 Å². The van der Waals surface area contributed by atoms with Gasteiger partial charge in [-0.3, -0.25) is 14.2 Å². The SMILES string of the molecule is CCN(CC)S(=O)(=O)c1ccc(NC(=O)Cn2cnc3scc(-c4ccc(C(C)C)cc4)c3c2=O)cc1. The van der Waals surface area contributed by atoms with Crippen LogP contribution in [0, 0.1) is 0 Å². The van der Waals surface area contributed by atoms with Crippen LogP contribution in [0.3, 0.4) is 0 Å². The Labute approximate surface area is 220 Å². The Morgan fingerprint density at radius 3 is 2.30 bits per heavy atom. The van der Waals surface area contributed by atoms with Crippen molar-refractivity contribution in [2.45, 2.75) is 45.1 Å². The molecule has 0 aliphatic carbocycles. The highest BCUT2D eigenvalue weighted by Crippen LogP contribution is 2.31. The van der Waals surface area contributed by atoms with Crippen molar-refractivity contribution in [3.8, 4) is 11.1 Å². The molecule has 4 rings (SSSR count). The fourth-order valence-electron chi connectivity index (χ4n) is 4.12. The standard InChI is InChI=1S/C27H30N4O4S2/c1-5-31(6-2)37(34,35)22-13-11-21(12-14-22)29-24(32)15-30-17-28-26-25(27(30)33)23(16-36-26)20-9-7-19(8-10-20)18(3)4/h7-14,16-18H,5-6,15H2,1-4H3,(H,29,32). The molecule has 0 atom stereocenters. The lowest BCUT2D eigenvalue weighted by Gasteiger charge is -2.18. The molecule has 0 unspecified atom stereocenters. The molecule has 37 heavy (non-hydrogen) atoms. The second kappa shape index (κ2) is 11.0. The van der Waals surface area contributed by atoms with Gasteiger partial charge in [0.2, 0.25) is 15.9 Å². The van der Waals surface area contributed by atoms with Crippen molar-refractivity contribution in [3.05, 3.63) is 76.2 Å². The minimum absolute atomic E-state index is 0.159. The van der Waals surface area contributed by atoms with Crippen LogP contribution in [-0.4, -0.2) is 41.3 Å². The number of thiophene rings is 1. The van der Waals surface area contributed by atoms with Crippen LogP contribution >= 0.6 is 11.3 Å². The van der Waals surface area contributed by atoms with Crippen LogP contribution < -0.4 is 10.9 Å². The number of rotatable bonds is 9. The van der Waals surface area contributed by atoms with Crippen LogP contribution in [0.1, 0.15) is 39.2 Å². The van der Waals surface area contributed by atoms with Crippen LogP contribution in [0.15, 0.2) is 69.9 Å². The second-order valence-corrected chi connectivity index (χ2v) is 11.7. The fourth-order valence-corrected chi connectivity index (χ4v) is 6.48. The van der Waals surface area contributed by atoms with Gasteiger partial charge in [0.1, 0.15) is 11.4 Å². The molecule has 10 heteroatoms. The molecular weight excluding hydrogens is 508 g/mol. The summed E-state index contributed by atoms with van der Waals surface area (Å²) in [5.41, 5.74) is 3.09. The van der Waals surface area contributed by atoms with Crippen molar-refractivity contribution in [3.63, 3.8) is 0 Å². The molecule has 8 nitrogen and oxygen atoms in total. The fraction of sp³-hybridized carbons (Fsp3) is 0.296.